The van der Waals surface area contributed by atoms with Gasteiger partial charge in [0, 0.05) is 12.6 Å². The Hall–Kier alpha value is -2.73. The molecule has 0 spiro atoms. The van der Waals surface area contributed by atoms with Crippen molar-refractivity contribution in [3.8, 4) is 11.5 Å². The Kier molecular flexibility index (Phi) is 5.39. The molecule has 0 bridgehead atoms. The first kappa shape index (κ1) is 18.6. The SMILES string of the molecule is CC(C)C(NCCCn1c(=O)[nH]c2ccccc21)c1ccc2c(c1)OCCO2. The van der Waals surface area contributed by atoms with Gasteiger partial charge in [-0.1, -0.05) is 32.0 Å². The molecule has 4 rings (SSSR count). The number of hydrogen-bond acceptors (Lipinski definition) is 4. The molecule has 0 amide bonds. The van der Waals surface area contributed by atoms with E-state index in [9.17, 15) is 4.79 Å². The molecule has 6 heteroatoms. The molecule has 148 valence electrons. The lowest BCUT2D eigenvalue weighted by Gasteiger charge is -2.25. The van der Waals surface area contributed by atoms with Crippen molar-refractivity contribution >= 4 is 11.0 Å². The van der Waals surface area contributed by atoms with E-state index in [2.05, 4.69) is 36.3 Å². The molecule has 2 aromatic carbocycles. The van der Waals surface area contributed by atoms with Crippen LogP contribution >= 0.6 is 0 Å². The highest BCUT2D eigenvalue weighted by atomic mass is 16.6. The molecule has 0 aliphatic carbocycles. The number of rotatable bonds is 7. The third-order valence-corrected chi connectivity index (χ3v) is 5.20. The summed E-state index contributed by atoms with van der Waals surface area (Å²) in [6, 6.07) is 14.2. The fraction of sp³-hybridized carbons (Fsp3) is 0.409. The van der Waals surface area contributed by atoms with Crippen LogP contribution in [0.5, 0.6) is 11.5 Å². The number of aromatic amines is 1. The van der Waals surface area contributed by atoms with Gasteiger partial charge in [0.05, 0.1) is 11.0 Å². The van der Waals surface area contributed by atoms with Crippen LogP contribution in [-0.4, -0.2) is 29.3 Å². The maximum absolute atomic E-state index is 12.2. The van der Waals surface area contributed by atoms with E-state index in [1.54, 1.807) is 0 Å². The number of H-pyrrole nitrogens is 1. The largest absolute Gasteiger partial charge is 0.486 e. The molecule has 0 saturated carbocycles. The number of nitrogens with one attached hydrogen (secondary N) is 2. The Labute approximate surface area is 164 Å². The summed E-state index contributed by atoms with van der Waals surface area (Å²) >= 11 is 0. The van der Waals surface area contributed by atoms with Crippen LogP contribution in [0.1, 0.15) is 31.9 Å². The highest BCUT2D eigenvalue weighted by molar-refractivity contribution is 5.74. The van der Waals surface area contributed by atoms with Crippen LogP contribution in [0.15, 0.2) is 47.3 Å². The summed E-state index contributed by atoms with van der Waals surface area (Å²) in [5.41, 5.74) is 2.99. The Bertz CT molecular complexity index is 1010. The molecule has 0 radical (unpaired) electrons. The van der Waals surface area contributed by atoms with Crippen molar-refractivity contribution in [3.63, 3.8) is 0 Å². The lowest BCUT2D eigenvalue weighted by Crippen LogP contribution is -2.28. The number of ether oxygens (including phenoxy) is 2. The van der Waals surface area contributed by atoms with Gasteiger partial charge in [-0.3, -0.25) is 4.57 Å². The Morgan fingerprint density at radius 3 is 2.71 bits per heavy atom. The summed E-state index contributed by atoms with van der Waals surface area (Å²) < 4.78 is 13.2. The van der Waals surface area contributed by atoms with E-state index < -0.39 is 0 Å². The van der Waals surface area contributed by atoms with Crippen LogP contribution in [0, 0.1) is 5.92 Å². The van der Waals surface area contributed by atoms with E-state index in [-0.39, 0.29) is 11.7 Å². The van der Waals surface area contributed by atoms with Crippen LogP contribution in [0.25, 0.3) is 11.0 Å². The van der Waals surface area contributed by atoms with E-state index in [4.69, 9.17) is 9.47 Å². The smallest absolute Gasteiger partial charge is 0.326 e. The number of nitrogens with zero attached hydrogens (tertiary/aromatic N) is 1. The summed E-state index contributed by atoms with van der Waals surface area (Å²) in [7, 11) is 0. The number of para-hydroxylation sites is 2. The van der Waals surface area contributed by atoms with Crippen LogP contribution in [0.4, 0.5) is 0 Å². The molecule has 1 aliphatic heterocycles. The molecule has 2 N–H and O–H groups in total. The summed E-state index contributed by atoms with van der Waals surface area (Å²) in [6.07, 6.45) is 0.871. The molecule has 2 heterocycles. The van der Waals surface area contributed by atoms with E-state index in [1.807, 2.05) is 34.9 Å². The molecule has 1 unspecified atom stereocenters. The molecule has 1 aromatic heterocycles. The van der Waals surface area contributed by atoms with Crippen molar-refractivity contribution in [2.24, 2.45) is 5.92 Å². The van der Waals surface area contributed by atoms with Crippen molar-refractivity contribution in [2.75, 3.05) is 19.8 Å². The molecule has 6 nitrogen and oxygen atoms in total. The third kappa shape index (κ3) is 3.78. The van der Waals surface area contributed by atoms with Gasteiger partial charge < -0.3 is 19.8 Å². The fourth-order valence-electron chi connectivity index (χ4n) is 3.82. The second-order valence-electron chi connectivity index (χ2n) is 7.53. The summed E-state index contributed by atoms with van der Waals surface area (Å²) in [5.74, 6) is 2.07. The first-order chi connectivity index (χ1) is 13.6. The standard InChI is InChI=1S/C22H27N3O3/c1-15(2)21(16-8-9-19-20(14-16)28-13-12-27-19)23-10-5-11-25-18-7-4-3-6-17(18)24-22(25)26/h3-4,6-9,14-15,21,23H,5,10-13H2,1-2H3,(H,24,26). The van der Waals surface area contributed by atoms with Crippen molar-refractivity contribution in [1.82, 2.24) is 14.9 Å². The number of imidazole rings is 1. The van der Waals surface area contributed by atoms with Crippen LogP contribution in [0.2, 0.25) is 0 Å². The normalized spacial score (nSPS) is 14.5. The fourth-order valence-corrected chi connectivity index (χ4v) is 3.82. The van der Waals surface area contributed by atoms with Crippen LogP contribution < -0.4 is 20.5 Å². The van der Waals surface area contributed by atoms with Gasteiger partial charge in [0.1, 0.15) is 13.2 Å². The zero-order chi connectivity index (χ0) is 19.5. The minimum atomic E-state index is -0.0477. The van der Waals surface area contributed by atoms with Gasteiger partial charge >= 0.3 is 5.69 Å². The molecular weight excluding hydrogens is 354 g/mol. The summed E-state index contributed by atoms with van der Waals surface area (Å²) in [6.45, 7) is 7.11. The monoisotopic (exact) mass is 381 g/mol. The van der Waals surface area contributed by atoms with Crippen molar-refractivity contribution in [2.45, 2.75) is 32.9 Å². The predicted molar refractivity (Wildman–Crippen MR) is 110 cm³/mol. The topological polar surface area (TPSA) is 68.3 Å². The second kappa shape index (κ2) is 8.10. The second-order valence-corrected chi connectivity index (χ2v) is 7.53. The van der Waals surface area contributed by atoms with E-state index in [0.29, 0.717) is 25.7 Å². The molecule has 1 aliphatic rings. The zero-order valence-corrected chi connectivity index (χ0v) is 16.4. The molecular formula is C22H27N3O3. The highest BCUT2D eigenvalue weighted by Crippen LogP contribution is 2.34. The van der Waals surface area contributed by atoms with Gasteiger partial charge in [-0.2, -0.15) is 0 Å². The van der Waals surface area contributed by atoms with Crippen molar-refractivity contribution < 1.29 is 9.47 Å². The van der Waals surface area contributed by atoms with Gasteiger partial charge in [0.25, 0.3) is 0 Å². The minimum absolute atomic E-state index is 0.0477. The van der Waals surface area contributed by atoms with E-state index >= 15 is 0 Å². The number of fused-ring (bicyclic) bond motifs is 2. The first-order valence-electron chi connectivity index (χ1n) is 9.94. The average Bonchev–Trinajstić information content (AvgIpc) is 3.02. The number of benzene rings is 2. The lowest BCUT2D eigenvalue weighted by atomic mass is 9.95. The lowest BCUT2D eigenvalue weighted by molar-refractivity contribution is 0.171. The molecule has 0 fully saturated rings. The van der Waals surface area contributed by atoms with Crippen molar-refractivity contribution in [1.29, 1.82) is 0 Å². The Morgan fingerprint density at radius 1 is 1.11 bits per heavy atom. The summed E-state index contributed by atoms with van der Waals surface area (Å²) in [5, 5.41) is 3.65. The summed E-state index contributed by atoms with van der Waals surface area (Å²) in [4.78, 5) is 15.1. The van der Waals surface area contributed by atoms with Gasteiger partial charge in [-0.25, -0.2) is 4.79 Å². The molecule has 0 saturated heterocycles. The quantitative estimate of drug-likeness (QED) is 0.615. The van der Waals surface area contributed by atoms with Gasteiger partial charge in [-0.15, -0.1) is 0 Å². The van der Waals surface area contributed by atoms with E-state index in [1.165, 1.54) is 5.56 Å². The third-order valence-electron chi connectivity index (χ3n) is 5.20. The number of aryl methyl sites for hydroxylation is 1. The van der Waals surface area contributed by atoms with Gasteiger partial charge in [0.15, 0.2) is 11.5 Å². The minimum Gasteiger partial charge on any atom is -0.486 e. The van der Waals surface area contributed by atoms with Gasteiger partial charge in [0.2, 0.25) is 0 Å². The Morgan fingerprint density at radius 2 is 1.89 bits per heavy atom. The van der Waals surface area contributed by atoms with Crippen LogP contribution in [-0.2, 0) is 6.54 Å². The van der Waals surface area contributed by atoms with Crippen molar-refractivity contribution in [3.05, 3.63) is 58.5 Å². The van der Waals surface area contributed by atoms with E-state index in [0.717, 1.165) is 35.5 Å². The van der Waals surface area contributed by atoms with Gasteiger partial charge in [-0.05, 0) is 48.7 Å². The Balaban J connectivity index is 1.41. The van der Waals surface area contributed by atoms with Crippen LogP contribution in [0.3, 0.4) is 0 Å². The maximum Gasteiger partial charge on any atom is 0.326 e. The molecule has 28 heavy (non-hydrogen) atoms. The molecule has 1 atom stereocenters. The number of aromatic nitrogens is 2. The highest BCUT2D eigenvalue weighted by Gasteiger charge is 2.19. The maximum atomic E-state index is 12.2. The zero-order valence-electron chi connectivity index (χ0n) is 16.4. The number of hydrogen-bond donors (Lipinski definition) is 2. The predicted octanol–water partition coefficient (Wildman–Crippen LogP) is 3.48. The first-order valence-corrected chi connectivity index (χ1v) is 9.94. The molecule has 3 aromatic rings. The average molecular weight is 381 g/mol.